The van der Waals surface area contributed by atoms with Crippen LogP contribution in [0.5, 0.6) is 0 Å². The molecule has 0 saturated carbocycles. The molecule has 1 heterocycles. The maximum atomic E-state index is 11.9. The zero-order valence-electron chi connectivity index (χ0n) is 21.1. The first-order valence-electron chi connectivity index (χ1n) is 12.0. The molecule has 0 aromatic carbocycles. The number of nitrogens with one attached hydrogen (secondary N) is 2. The zero-order chi connectivity index (χ0) is 24.6. The summed E-state index contributed by atoms with van der Waals surface area (Å²) in [5.41, 5.74) is -0.361. The van der Waals surface area contributed by atoms with Gasteiger partial charge in [-0.2, -0.15) is 11.8 Å². The summed E-state index contributed by atoms with van der Waals surface area (Å²) in [7, 11) is 0. The third-order valence-electron chi connectivity index (χ3n) is 5.44. The topological polar surface area (TPSA) is 108 Å². The molecule has 0 unspecified atom stereocenters. The van der Waals surface area contributed by atoms with E-state index in [0.717, 1.165) is 31.4 Å². The van der Waals surface area contributed by atoms with Crippen LogP contribution in [-0.4, -0.2) is 71.0 Å². The predicted octanol–water partition coefficient (Wildman–Crippen LogP) is 3.12. The van der Waals surface area contributed by atoms with Gasteiger partial charge in [0.15, 0.2) is 0 Å². The first kappa shape index (κ1) is 31.2. The summed E-state index contributed by atoms with van der Waals surface area (Å²) in [5.74, 6) is 2.34. The van der Waals surface area contributed by atoms with Gasteiger partial charge in [0, 0.05) is 44.4 Å². The Morgan fingerprint density at radius 2 is 1.88 bits per heavy atom. The summed E-state index contributed by atoms with van der Waals surface area (Å²) in [6, 6.07) is 0.255. The van der Waals surface area contributed by atoms with Gasteiger partial charge in [0.2, 0.25) is 11.8 Å². The quantitative estimate of drug-likeness (QED) is 0.287. The van der Waals surface area contributed by atoms with E-state index in [9.17, 15) is 9.59 Å². The molecule has 0 bridgehead atoms. The molecular weight excluding hydrogens is 428 g/mol. The highest BCUT2D eigenvalue weighted by molar-refractivity contribution is 8.00. The SMILES string of the molecule is CC(=O)N[C@@H]1[C@H](CCCCC(=O)NCCOC(C)(C)CCO)SC[C@@H]1C.CC(C)CCO. The van der Waals surface area contributed by atoms with Crippen LogP contribution in [-0.2, 0) is 14.3 Å². The number of carbonyl (C=O) groups excluding carboxylic acids is 2. The Hall–Kier alpha value is -0.830. The average Bonchev–Trinajstić information content (AvgIpc) is 3.02. The Morgan fingerprint density at radius 1 is 1.19 bits per heavy atom. The number of carbonyl (C=O) groups is 2. The third-order valence-corrected chi connectivity index (χ3v) is 7.11. The van der Waals surface area contributed by atoms with Gasteiger partial charge < -0.3 is 25.6 Å². The van der Waals surface area contributed by atoms with E-state index in [0.29, 0.717) is 49.7 Å². The Bertz CT molecular complexity index is 517. The number of hydrogen-bond donors (Lipinski definition) is 4. The number of aliphatic hydroxyl groups is 2. The fraction of sp³-hybridized carbons (Fsp3) is 0.917. The first-order chi connectivity index (χ1) is 15.0. The van der Waals surface area contributed by atoms with Crippen LogP contribution in [0.25, 0.3) is 0 Å². The Kier molecular flexibility index (Phi) is 17.2. The molecule has 0 aromatic rings. The van der Waals surface area contributed by atoms with Crippen LogP contribution in [0.3, 0.4) is 0 Å². The third kappa shape index (κ3) is 15.9. The van der Waals surface area contributed by atoms with E-state index in [1.807, 2.05) is 25.6 Å². The van der Waals surface area contributed by atoms with E-state index in [1.165, 1.54) is 0 Å². The zero-order valence-corrected chi connectivity index (χ0v) is 21.9. The van der Waals surface area contributed by atoms with Crippen molar-refractivity contribution in [2.45, 2.75) is 97.0 Å². The van der Waals surface area contributed by atoms with E-state index >= 15 is 0 Å². The Morgan fingerprint density at radius 3 is 2.41 bits per heavy atom. The highest BCUT2D eigenvalue weighted by atomic mass is 32.2. The average molecular weight is 477 g/mol. The lowest BCUT2D eigenvalue weighted by Gasteiger charge is -2.24. The van der Waals surface area contributed by atoms with Gasteiger partial charge in [-0.25, -0.2) is 0 Å². The van der Waals surface area contributed by atoms with Crippen molar-refractivity contribution in [1.82, 2.24) is 10.6 Å². The Balaban J connectivity index is 0.00000140. The molecule has 1 rings (SSSR count). The lowest BCUT2D eigenvalue weighted by Crippen LogP contribution is -2.41. The molecule has 1 fully saturated rings. The minimum atomic E-state index is -0.361. The highest BCUT2D eigenvalue weighted by Crippen LogP contribution is 2.34. The van der Waals surface area contributed by atoms with Crippen LogP contribution in [0.2, 0.25) is 0 Å². The standard InChI is InChI=1S/C19H36N2O4S.C5H12O/c1-14-13-26-16(18(14)21-15(2)23)7-5-6-8-17(24)20-10-12-25-19(3,4)9-11-22;1-5(2)3-4-6/h14,16,18,22H,5-13H2,1-4H3,(H,20,24)(H,21,23);5-6H,3-4H2,1-2H3/t14-,16-,18-;/m0./s1. The van der Waals surface area contributed by atoms with Crippen molar-refractivity contribution in [3.05, 3.63) is 0 Å². The number of unbranched alkanes of at least 4 members (excludes halogenated alkanes) is 1. The normalized spacial score (nSPS) is 20.6. The predicted molar refractivity (Wildman–Crippen MR) is 133 cm³/mol. The van der Waals surface area contributed by atoms with Crippen LogP contribution in [0.15, 0.2) is 0 Å². The van der Waals surface area contributed by atoms with Crippen LogP contribution < -0.4 is 10.6 Å². The second-order valence-corrected chi connectivity index (χ2v) is 10.9. The minimum Gasteiger partial charge on any atom is -0.396 e. The van der Waals surface area contributed by atoms with E-state index in [2.05, 4.69) is 31.4 Å². The van der Waals surface area contributed by atoms with Gasteiger partial charge in [0.25, 0.3) is 0 Å². The molecule has 1 aliphatic heterocycles. The molecule has 0 aliphatic carbocycles. The van der Waals surface area contributed by atoms with Gasteiger partial charge in [0.1, 0.15) is 0 Å². The molecule has 0 spiro atoms. The number of aliphatic hydroxyl groups excluding tert-OH is 2. The first-order valence-corrected chi connectivity index (χ1v) is 13.1. The second kappa shape index (κ2) is 17.6. The molecule has 1 aliphatic rings. The van der Waals surface area contributed by atoms with Crippen LogP contribution >= 0.6 is 11.8 Å². The number of rotatable bonds is 14. The molecule has 190 valence electrons. The molecule has 8 heteroatoms. The maximum absolute atomic E-state index is 11.9. The molecule has 1 saturated heterocycles. The molecule has 32 heavy (non-hydrogen) atoms. The summed E-state index contributed by atoms with van der Waals surface area (Å²) in [6.07, 6.45) is 4.93. The van der Waals surface area contributed by atoms with Crippen molar-refractivity contribution < 1.29 is 24.5 Å². The van der Waals surface area contributed by atoms with Crippen molar-refractivity contribution in [2.24, 2.45) is 11.8 Å². The van der Waals surface area contributed by atoms with Gasteiger partial charge in [-0.1, -0.05) is 27.2 Å². The maximum Gasteiger partial charge on any atom is 0.220 e. The van der Waals surface area contributed by atoms with Gasteiger partial charge in [0.05, 0.1) is 12.2 Å². The molecule has 2 amide bonds. The molecule has 0 radical (unpaired) electrons. The van der Waals surface area contributed by atoms with Crippen molar-refractivity contribution in [3.8, 4) is 0 Å². The Labute approximate surface area is 199 Å². The van der Waals surface area contributed by atoms with Gasteiger partial charge >= 0.3 is 0 Å². The fourth-order valence-electron chi connectivity index (χ4n) is 3.42. The van der Waals surface area contributed by atoms with E-state index in [1.54, 1.807) is 6.92 Å². The van der Waals surface area contributed by atoms with Gasteiger partial charge in [-0.05, 0) is 57.1 Å². The van der Waals surface area contributed by atoms with Crippen molar-refractivity contribution in [2.75, 3.05) is 32.1 Å². The number of thioether (sulfide) groups is 1. The molecule has 4 N–H and O–H groups in total. The van der Waals surface area contributed by atoms with Crippen LogP contribution in [0.1, 0.15) is 80.1 Å². The summed E-state index contributed by atoms with van der Waals surface area (Å²) in [4.78, 5) is 23.2. The lowest BCUT2D eigenvalue weighted by atomic mass is 9.97. The summed E-state index contributed by atoms with van der Waals surface area (Å²) >= 11 is 1.93. The molecule has 0 aromatic heterocycles. The highest BCUT2D eigenvalue weighted by Gasteiger charge is 2.34. The lowest BCUT2D eigenvalue weighted by molar-refractivity contribution is -0.122. The van der Waals surface area contributed by atoms with Crippen LogP contribution in [0.4, 0.5) is 0 Å². The monoisotopic (exact) mass is 476 g/mol. The van der Waals surface area contributed by atoms with Gasteiger partial charge in [-0.3, -0.25) is 9.59 Å². The molecular formula is C24H48N2O5S. The summed E-state index contributed by atoms with van der Waals surface area (Å²) < 4.78 is 5.65. The second-order valence-electron chi connectivity index (χ2n) is 9.66. The summed E-state index contributed by atoms with van der Waals surface area (Å²) in [5, 5.41) is 23.6. The number of hydrogen-bond acceptors (Lipinski definition) is 6. The van der Waals surface area contributed by atoms with Gasteiger partial charge in [-0.15, -0.1) is 0 Å². The summed E-state index contributed by atoms with van der Waals surface area (Å²) in [6.45, 7) is 13.2. The van der Waals surface area contributed by atoms with E-state index in [-0.39, 0.29) is 30.1 Å². The minimum absolute atomic E-state index is 0.0399. The van der Waals surface area contributed by atoms with E-state index < -0.39 is 0 Å². The van der Waals surface area contributed by atoms with Crippen molar-refractivity contribution in [3.63, 3.8) is 0 Å². The smallest absolute Gasteiger partial charge is 0.220 e. The number of amides is 2. The fourth-order valence-corrected chi connectivity index (χ4v) is 5.05. The van der Waals surface area contributed by atoms with E-state index in [4.69, 9.17) is 14.9 Å². The molecule has 7 nitrogen and oxygen atoms in total. The van der Waals surface area contributed by atoms with Crippen molar-refractivity contribution in [1.29, 1.82) is 0 Å². The largest absolute Gasteiger partial charge is 0.396 e. The van der Waals surface area contributed by atoms with Crippen molar-refractivity contribution >= 4 is 23.6 Å². The van der Waals surface area contributed by atoms with Crippen LogP contribution in [0, 0.1) is 11.8 Å². The number of ether oxygens (including phenoxy) is 1. The molecule has 3 atom stereocenters.